The van der Waals surface area contributed by atoms with E-state index in [0.29, 0.717) is 11.6 Å². The number of nitrogens with zero attached hydrogens (tertiary/aromatic N) is 4. The van der Waals surface area contributed by atoms with E-state index in [-0.39, 0.29) is 12.1 Å². The molecule has 0 atom stereocenters. The van der Waals surface area contributed by atoms with Crippen LogP contribution in [-0.4, -0.2) is 31.8 Å². The highest BCUT2D eigenvalue weighted by molar-refractivity contribution is 5.88. The first-order valence-electron chi connectivity index (χ1n) is 5.55. The zero-order valence-corrected chi connectivity index (χ0v) is 10.2. The summed E-state index contributed by atoms with van der Waals surface area (Å²) in [5, 5.41) is 9.40. The van der Waals surface area contributed by atoms with Crippen molar-refractivity contribution < 1.29 is 4.79 Å². The second kappa shape index (κ2) is 5.26. The molecule has 0 bridgehead atoms. The second-order valence-electron chi connectivity index (χ2n) is 3.97. The summed E-state index contributed by atoms with van der Waals surface area (Å²) in [5.41, 5.74) is 0. The van der Waals surface area contributed by atoms with Gasteiger partial charge in [0.1, 0.15) is 12.1 Å². The third kappa shape index (κ3) is 3.03. The number of urea groups is 1. The second-order valence-corrected chi connectivity index (χ2v) is 3.97. The van der Waals surface area contributed by atoms with Gasteiger partial charge in [-0.2, -0.15) is 5.10 Å². The highest BCUT2D eigenvalue weighted by Gasteiger charge is 2.06. The molecular weight excluding hydrogens is 232 g/mol. The zero-order valence-electron chi connectivity index (χ0n) is 10.2. The number of aromatic nitrogens is 4. The molecular formula is C11H14N6O. The average molecular weight is 246 g/mol. The Bertz CT molecular complexity index is 522. The third-order valence-corrected chi connectivity index (χ3v) is 2.05. The summed E-state index contributed by atoms with van der Waals surface area (Å²) in [5.74, 6) is 1.02. The molecule has 18 heavy (non-hydrogen) atoms. The van der Waals surface area contributed by atoms with Crippen LogP contribution in [-0.2, 0) is 0 Å². The van der Waals surface area contributed by atoms with Gasteiger partial charge in [-0.25, -0.2) is 19.4 Å². The molecule has 2 aromatic heterocycles. The molecule has 2 N–H and O–H groups in total. The highest BCUT2D eigenvalue weighted by Crippen LogP contribution is 2.07. The van der Waals surface area contributed by atoms with Gasteiger partial charge in [0.25, 0.3) is 0 Å². The fourth-order valence-electron chi connectivity index (χ4n) is 1.36. The summed E-state index contributed by atoms with van der Waals surface area (Å²) in [6.45, 7) is 3.77. The minimum Gasteiger partial charge on any atom is -0.336 e. The maximum Gasteiger partial charge on any atom is 0.320 e. The largest absolute Gasteiger partial charge is 0.336 e. The molecule has 0 aliphatic rings. The van der Waals surface area contributed by atoms with Gasteiger partial charge in [-0.1, -0.05) is 0 Å². The van der Waals surface area contributed by atoms with Crippen molar-refractivity contribution in [3.05, 3.63) is 30.9 Å². The van der Waals surface area contributed by atoms with Crippen LogP contribution in [0.5, 0.6) is 0 Å². The van der Waals surface area contributed by atoms with Crippen molar-refractivity contribution in [2.75, 3.05) is 5.32 Å². The van der Waals surface area contributed by atoms with Gasteiger partial charge in [0.2, 0.25) is 0 Å². The van der Waals surface area contributed by atoms with Crippen LogP contribution in [0, 0.1) is 0 Å². The van der Waals surface area contributed by atoms with Crippen molar-refractivity contribution >= 4 is 11.8 Å². The first-order valence-corrected chi connectivity index (χ1v) is 5.55. The van der Waals surface area contributed by atoms with E-state index >= 15 is 0 Å². The molecule has 0 saturated carbocycles. The smallest absolute Gasteiger partial charge is 0.320 e. The lowest BCUT2D eigenvalue weighted by Gasteiger charge is -2.09. The highest BCUT2D eigenvalue weighted by atomic mass is 16.2. The summed E-state index contributed by atoms with van der Waals surface area (Å²) in [6.07, 6.45) is 4.79. The lowest BCUT2D eigenvalue weighted by molar-refractivity contribution is 0.250. The average Bonchev–Trinajstić information content (AvgIpc) is 2.81. The van der Waals surface area contributed by atoms with Crippen LogP contribution in [0.4, 0.5) is 10.6 Å². The lowest BCUT2D eigenvalue weighted by atomic mass is 10.4. The molecule has 7 heteroatoms. The Balaban J connectivity index is 2.11. The molecule has 2 rings (SSSR count). The lowest BCUT2D eigenvalue weighted by Crippen LogP contribution is -2.34. The monoisotopic (exact) mass is 246 g/mol. The summed E-state index contributed by atoms with van der Waals surface area (Å²) in [7, 11) is 0. The Morgan fingerprint density at radius 2 is 2.22 bits per heavy atom. The van der Waals surface area contributed by atoms with Crippen LogP contribution < -0.4 is 10.6 Å². The van der Waals surface area contributed by atoms with Gasteiger partial charge in [-0.15, -0.1) is 0 Å². The normalized spacial score (nSPS) is 10.4. The van der Waals surface area contributed by atoms with E-state index in [1.165, 1.54) is 6.33 Å². The number of hydrogen-bond donors (Lipinski definition) is 2. The van der Waals surface area contributed by atoms with Crippen molar-refractivity contribution in [2.24, 2.45) is 0 Å². The first-order chi connectivity index (χ1) is 8.65. The number of nitrogens with one attached hydrogen (secondary N) is 2. The number of anilines is 1. The molecule has 0 aromatic carbocycles. The Morgan fingerprint density at radius 3 is 2.89 bits per heavy atom. The van der Waals surface area contributed by atoms with Crippen LogP contribution in [0.2, 0.25) is 0 Å². The van der Waals surface area contributed by atoms with E-state index in [1.54, 1.807) is 29.2 Å². The summed E-state index contributed by atoms with van der Waals surface area (Å²) < 4.78 is 1.59. The van der Waals surface area contributed by atoms with Crippen LogP contribution in [0.1, 0.15) is 13.8 Å². The molecule has 0 saturated heterocycles. The van der Waals surface area contributed by atoms with Crippen molar-refractivity contribution in [1.82, 2.24) is 25.1 Å². The van der Waals surface area contributed by atoms with E-state index < -0.39 is 0 Å². The van der Waals surface area contributed by atoms with E-state index in [2.05, 4.69) is 25.7 Å². The van der Waals surface area contributed by atoms with Gasteiger partial charge >= 0.3 is 6.03 Å². The number of rotatable bonds is 3. The molecule has 0 spiro atoms. The van der Waals surface area contributed by atoms with Crippen LogP contribution in [0.25, 0.3) is 5.82 Å². The Kier molecular flexibility index (Phi) is 3.52. The molecule has 2 amide bonds. The maximum absolute atomic E-state index is 11.5. The van der Waals surface area contributed by atoms with E-state index in [4.69, 9.17) is 0 Å². The molecule has 7 nitrogen and oxygen atoms in total. The summed E-state index contributed by atoms with van der Waals surface area (Å²) >= 11 is 0. The predicted molar refractivity (Wildman–Crippen MR) is 66.4 cm³/mol. The maximum atomic E-state index is 11.5. The van der Waals surface area contributed by atoms with E-state index in [0.717, 1.165) is 0 Å². The van der Waals surface area contributed by atoms with Gasteiger partial charge in [-0.3, -0.25) is 5.32 Å². The SMILES string of the molecule is CC(C)NC(=O)Nc1cc(-n2cccn2)ncn1. The van der Waals surface area contributed by atoms with Crippen molar-refractivity contribution in [3.63, 3.8) is 0 Å². The molecule has 0 aliphatic heterocycles. The third-order valence-electron chi connectivity index (χ3n) is 2.05. The van der Waals surface area contributed by atoms with Gasteiger partial charge in [0.15, 0.2) is 5.82 Å². The Morgan fingerprint density at radius 1 is 1.39 bits per heavy atom. The number of hydrogen-bond acceptors (Lipinski definition) is 4. The molecule has 94 valence electrons. The number of carbonyl (C=O) groups excluding carboxylic acids is 1. The van der Waals surface area contributed by atoms with Crippen molar-refractivity contribution in [2.45, 2.75) is 19.9 Å². The Labute approximate surface area is 104 Å². The topological polar surface area (TPSA) is 84.7 Å². The molecule has 2 heterocycles. The molecule has 0 aliphatic carbocycles. The van der Waals surface area contributed by atoms with Gasteiger partial charge < -0.3 is 5.32 Å². The van der Waals surface area contributed by atoms with Gasteiger partial charge in [0.05, 0.1) is 0 Å². The fourth-order valence-corrected chi connectivity index (χ4v) is 1.36. The Hall–Kier alpha value is -2.44. The van der Waals surface area contributed by atoms with Crippen molar-refractivity contribution in [3.8, 4) is 5.82 Å². The fraction of sp³-hybridized carbons (Fsp3) is 0.273. The van der Waals surface area contributed by atoms with Crippen LogP contribution >= 0.6 is 0 Å². The van der Waals surface area contributed by atoms with Crippen LogP contribution in [0.15, 0.2) is 30.9 Å². The number of carbonyl (C=O) groups is 1. The minimum absolute atomic E-state index is 0.0671. The van der Waals surface area contributed by atoms with Gasteiger partial charge in [-0.05, 0) is 19.9 Å². The predicted octanol–water partition coefficient (Wildman–Crippen LogP) is 1.19. The summed E-state index contributed by atoms with van der Waals surface area (Å²) in [6, 6.07) is 3.21. The van der Waals surface area contributed by atoms with E-state index in [1.807, 2.05) is 13.8 Å². The minimum atomic E-state index is -0.296. The molecule has 0 fully saturated rings. The molecule has 2 aromatic rings. The first kappa shape index (κ1) is 12.0. The molecule has 0 radical (unpaired) electrons. The zero-order chi connectivity index (χ0) is 13.0. The van der Waals surface area contributed by atoms with Gasteiger partial charge in [0, 0.05) is 24.5 Å². The van der Waals surface area contributed by atoms with Crippen LogP contribution in [0.3, 0.4) is 0 Å². The standard InChI is InChI=1S/C11H14N6O/c1-8(2)15-11(18)16-9-6-10(13-7-12-9)17-5-3-4-14-17/h3-8H,1-2H3,(H2,12,13,15,16,18). The quantitative estimate of drug-likeness (QED) is 0.852. The number of amides is 2. The molecule has 0 unspecified atom stereocenters. The summed E-state index contributed by atoms with van der Waals surface area (Å²) in [4.78, 5) is 19.6. The van der Waals surface area contributed by atoms with Crippen molar-refractivity contribution in [1.29, 1.82) is 0 Å². The van der Waals surface area contributed by atoms with E-state index in [9.17, 15) is 4.79 Å².